The quantitative estimate of drug-likeness (QED) is 0.328. The van der Waals surface area contributed by atoms with Gasteiger partial charge in [-0.1, -0.05) is 29.4 Å². The largest absolute Gasteiger partial charge is 0.388 e. The third-order valence-corrected chi connectivity index (χ3v) is 1.26. The first-order valence-electron chi connectivity index (χ1n) is 2.92. The molecule has 1 N–H and O–H groups in total. The number of nitrogens with zero attached hydrogens (tertiary/aromatic N) is 3. The SMILES string of the molecule is [N-]=[N+]=NC1C=CC=CC1O. The van der Waals surface area contributed by atoms with E-state index in [4.69, 9.17) is 10.6 Å². The van der Waals surface area contributed by atoms with E-state index in [0.29, 0.717) is 0 Å². The highest BCUT2D eigenvalue weighted by Gasteiger charge is 2.12. The highest BCUT2D eigenvalue weighted by atomic mass is 16.3. The van der Waals surface area contributed by atoms with E-state index in [-0.39, 0.29) is 0 Å². The highest BCUT2D eigenvalue weighted by Crippen LogP contribution is 2.07. The van der Waals surface area contributed by atoms with E-state index in [0.717, 1.165) is 0 Å². The Labute approximate surface area is 58.1 Å². The van der Waals surface area contributed by atoms with Crippen LogP contribution in [0.15, 0.2) is 29.4 Å². The van der Waals surface area contributed by atoms with Gasteiger partial charge < -0.3 is 5.11 Å². The van der Waals surface area contributed by atoms with Crippen molar-refractivity contribution in [2.45, 2.75) is 12.1 Å². The molecule has 52 valence electrons. The number of azide groups is 1. The summed E-state index contributed by atoms with van der Waals surface area (Å²) in [4.78, 5) is 2.59. The summed E-state index contributed by atoms with van der Waals surface area (Å²) >= 11 is 0. The molecule has 0 aromatic rings. The summed E-state index contributed by atoms with van der Waals surface area (Å²) in [7, 11) is 0. The van der Waals surface area contributed by atoms with Gasteiger partial charge in [-0.15, -0.1) is 0 Å². The maximum absolute atomic E-state index is 9.10. The predicted octanol–water partition coefficient (Wildman–Crippen LogP) is 1.15. The van der Waals surface area contributed by atoms with E-state index in [9.17, 15) is 0 Å². The zero-order valence-electron chi connectivity index (χ0n) is 5.25. The third-order valence-electron chi connectivity index (χ3n) is 1.26. The molecule has 0 radical (unpaired) electrons. The summed E-state index contributed by atoms with van der Waals surface area (Å²) < 4.78 is 0. The number of allylic oxidation sites excluding steroid dienone is 2. The second-order valence-electron chi connectivity index (χ2n) is 1.96. The van der Waals surface area contributed by atoms with Gasteiger partial charge in [-0.25, -0.2) is 0 Å². The Hall–Kier alpha value is -1.25. The predicted molar refractivity (Wildman–Crippen MR) is 37.2 cm³/mol. The third kappa shape index (κ3) is 1.37. The first-order chi connectivity index (χ1) is 4.84. The maximum atomic E-state index is 9.10. The van der Waals surface area contributed by atoms with Crippen molar-refractivity contribution < 1.29 is 5.11 Å². The van der Waals surface area contributed by atoms with Crippen LogP contribution in [0.25, 0.3) is 10.4 Å². The lowest BCUT2D eigenvalue weighted by Gasteiger charge is -2.12. The maximum Gasteiger partial charge on any atom is 0.0854 e. The van der Waals surface area contributed by atoms with Gasteiger partial charge in [-0.2, -0.15) is 0 Å². The molecule has 0 saturated carbocycles. The minimum absolute atomic E-state index is 0.435. The van der Waals surface area contributed by atoms with Crippen LogP contribution in [0, 0.1) is 0 Å². The summed E-state index contributed by atoms with van der Waals surface area (Å²) in [5.41, 5.74) is 8.03. The summed E-state index contributed by atoms with van der Waals surface area (Å²) in [5, 5.41) is 12.5. The van der Waals surface area contributed by atoms with E-state index >= 15 is 0 Å². The lowest BCUT2D eigenvalue weighted by Crippen LogP contribution is -2.20. The van der Waals surface area contributed by atoms with Gasteiger partial charge in [-0.3, -0.25) is 0 Å². The second-order valence-corrected chi connectivity index (χ2v) is 1.96. The molecule has 0 fully saturated rings. The Kier molecular flexibility index (Phi) is 2.10. The van der Waals surface area contributed by atoms with Crippen LogP contribution in [0.5, 0.6) is 0 Å². The number of aliphatic hydroxyl groups excluding tert-OH is 1. The van der Waals surface area contributed by atoms with Crippen LogP contribution < -0.4 is 0 Å². The van der Waals surface area contributed by atoms with Gasteiger partial charge in [0.25, 0.3) is 0 Å². The van der Waals surface area contributed by atoms with Gasteiger partial charge >= 0.3 is 0 Å². The summed E-state index contributed by atoms with van der Waals surface area (Å²) in [6, 6.07) is -0.435. The molecule has 0 aromatic heterocycles. The van der Waals surface area contributed by atoms with Crippen LogP contribution in [0.2, 0.25) is 0 Å². The summed E-state index contributed by atoms with van der Waals surface area (Å²) in [6.07, 6.45) is 6.03. The average Bonchev–Trinajstić information content (AvgIpc) is 1.94. The molecule has 0 aromatic carbocycles. The lowest BCUT2D eigenvalue weighted by atomic mass is 10.1. The van der Waals surface area contributed by atoms with E-state index in [2.05, 4.69) is 10.0 Å². The molecule has 1 aliphatic rings. The van der Waals surface area contributed by atoms with Gasteiger partial charge in [0.05, 0.1) is 12.1 Å². The molecule has 0 heterocycles. The molecule has 0 saturated heterocycles. The Morgan fingerprint density at radius 3 is 2.70 bits per heavy atom. The van der Waals surface area contributed by atoms with E-state index in [1.165, 1.54) is 0 Å². The normalized spacial score (nSPS) is 29.7. The van der Waals surface area contributed by atoms with Crippen molar-refractivity contribution in [3.8, 4) is 0 Å². The molecule has 1 rings (SSSR count). The van der Waals surface area contributed by atoms with Gasteiger partial charge in [-0.05, 0) is 5.53 Å². The number of rotatable bonds is 1. The minimum Gasteiger partial charge on any atom is -0.388 e. The zero-order chi connectivity index (χ0) is 7.40. The van der Waals surface area contributed by atoms with Crippen molar-refractivity contribution in [3.63, 3.8) is 0 Å². The average molecular weight is 137 g/mol. The van der Waals surface area contributed by atoms with Crippen LogP contribution in [-0.4, -0.2) is 17.3 Å². The van der Waals surface area contributed by atoms with Gasteiger partial charge in [0, 0.05) is 4.91 Å². The molecular weight excluding hydrogens is 130 g/mol. The topological polar surface area (TPSA) is 69.0 Å². The smallest absolute Gasteiger partial charge is 0.0854 e. The minimum atomic E-state index is -0.666. The van der Waals surface area contributed by atoms with Crippen molar-refractivity contribution in [2.75, 3.05) is 0 Å². The van der Waals surface area contributed by atoms with Crippen molar-refractivity contribution >= 4 is 0 Å². The molecule has 10 heavy (non-hydrogen) atoms. The van der Waals surface area contributed by atoms with Gasteiger partial charge in [0.15, 0.2) is 0 Å². The standard InChI is InChI=1S/C6H7N3O/c7-9-8-5-3-1-2-4-6(5)10/h1-6,10H. The Bertz CT molecular complexity index is 215. The van der Waals surface area contributed by atoms with Crippen LogP contribution in [0.1, 0.15) is 0 Å². The molecule has 4 nitrogen and oxygen atoms in total. The monoisotopic (exact) mass is 137 g/mol. The Morgan fingerprint density at radius 1 is 1.40 bits per heavy atom. The highest BCUT2D eigenvalue weighted by molar-refractivity contribution is 5.18. The van der Waals surface area contributed by atoms with E-state index in [1.807, 2.05) is 0 Å². The van der Waals surface area contributed by atoms with Crippen LogP contribution in [0.3, 0.4) is 0 Å². The van der Waals surface area contributed by atoms with Crippen molar-refractivity contribution in [1.82, 2.24) is 0 Å². The molecular formula is C6H7N3O. The van der Waals surface area contributed by atoms with E-state index in [1.54, 1.807) is 24.3 Å². The fourth-order valence-electron chi connectivity index (χ4n) is 0.750. The number of aliphatic hydroxyl groups is 1. The van der Waals surface area contributed by atoms with Crippen LogP contribution in [0.4, 0.5) is 0 Å². The van der Waals surface area contributed by atoms with Crippen LogP contribution >= 0.6 is 0 Å². The molecule has 0 aliphatic heterocycles. The van der Waals surface area contributed by atoms with Crippen LogP contribution in [-0.2, 0) is 0 Å². The first-order valence-corrected chi connectivity index (χ1v) is 2.92. The van der Waals surface area contributed by atoms with Crippen molar-refractivity contribution in [3.05, 3.63) is 34.7 Å². The van der Waals surface area contributed by atoms with Crippen molar-refractivity contribution in [1.29, 1.82) is 0 Å². The van der Waals surface area contributed by atoms with E-state index < -0.39 is 12.1 Å². The molecule has 0 spiro atoms. The second kappa shape index (κ2) is 3.06. The lowest BCUT2D eigenvalue weighted by molar-refractivity contribution is 0.207. The zero-order valence-corrected chi connectivity index (χ0v) is 5.25. The summed E-state index contributed by atoms with van der Waals surface area (Å²) in [5.74, 6) is 0. The summed E-state index contributed by atoms with van der Waals surface area (Å²) in [6.45, 7) is 0. The Balaban J connectivity index is 2.69. The number of hydrogen-bond acceptors (Lipinski definition) is 2. The molecule has 0 amide bonds. The Morgan fingerprint density at radius 2 is 2.10 bits per heavy atom. The fraction of sp³-hybridized carbons (Fsp3) is 0.333. The fourth-order valence-corrected chi connectivity index (χ4v) is 0.750. The first kappa shape index (κ1) is 6.86. The molecule has 2 unspecified atom stereocenters. The molecule has 4 heteroatoms. The van der Waals surface area contributed by atoms with Gasteiger partial charge in [0.1, 0.15) is 0 Å². The molecule has 1 aliphatic carbocycles. The van der Waals surface area contributed by atoms with Gasteiger partial charge in [0.2, 0.25) is 0 Å². The molecule has 2 atom stereocenters. The van der Waals surface area contributed by atoms with Crippen molar-refractivity contribution in [2.24, 2.45) is 5.11 Å². The molecule has 0 bridgehead atoms. The number of hydrogen-bond donors (Lipinski definition) is 1.